The summed E-state index contributed by atoms with van der Waals surface area (Å²) in [6, 6.07) is 10.2. The fraction of sp³-hybridized carbons (Fsp3) is 0.250. The second-order valence-electron chi connectivity index (χ2n) is 5.46. The molecular weight excluding hydrogens is 300 g/mol. The van der Waals surface area contributed by atoms with Gasteiger partial charge >= 0.3 is 0 Å². The zero-order chi connectivity index (χ0) is 15.7. The summed E-state index contributed by atoms with van der Waals surface area (Å²) < 4.78 is 32.2. The first-order chi connectivity index (χ1) is 10.5. The lowest BCUT2D eigenvalue weighted by molar-refractivity contribution is 0.414. The Labute approximate surface area is 129 Å². The number of hydrogen-bond acceptors (Lipinski definition) is 4. The largest absolute Gasteiger partial charge is 0.447 e. The van der Waals surface area contributed by atoms with Crippen molar-refractivity contribution in [1.82, 2.24) is 8.87 Å². The minimum Gasteiger partial charge on any atom is -0.447 e. The Morgan fingerprint density at radius 1 is 1.14 bits per heavy atom. The highest BCUT2D eigenvalue weighted by atomic mass is 32.2. The molecule has 6 heteroatoms. The van der Waals surface area contributed by atoms with Crippen molar-refractivity contribution in [1.29, 1.82) is 0 Å². The molecule has 0 aliphatic carbocycles. The number of rotatable bonds is 5. The molecule has 3 aromatic rings. The normalized spacial score (nSPS) is 12.3. The Balaban J connectivity index is 2.10. The average Bonchev–Trinajstić information content (AvgIpc) is 3.08. The van der Waals surface area contributed by atoms with Gasteiger partial charge in [-0.25, -0.2) is 12.4 Å². The molecule has 5 nitrogen and oxygen atoms in total. The molecule has 0 aliphatic rings. The molecule has 0 aliphatic heterocycles. The molecule has 2 heterocycles. The number of hydrogen-bond donors (Lipinski definition) is 0. The minimum atomic E-state index is -3.64. The number of nitrogens with zero attached hydrogens (tertiary/aromatic N) is 2. The van der Waals surface area contributed by atoms with Gasteiger partial charge in [0.1, 0.15) is 0 Å². The molecule has 116 valence electrons. The number of furan rings is 1. The van der Waals surface area contributed by atoms with Gasteiger partial charge in [-0.2, -0.15) is 0 Å². The van der Waals surface area contributed by atoms with E-state index in [1.165, 1.54) is 10.2 Å². The van der Waals surface area contributed by atoms with Crippen molar-refractivity contribution in [2.75, 3.05) is 20.6 Å². The highest BCUT2D eigenvalue weighted by Crippen LogP contribution is 2.27. The van der Waals surface area contributed by atoms with Gasteiger partial charge in [-0.1, -0.05) is 18.2 Å². The third-order valence-electron chi connectivity index (χ3n) is 3.59. The number of fused-ring (bicyclic) bond motifs is 1. The van der Waals surface area contributed by atoms with Crippen LogP contribution in [0.25, 0.3) is 11.1 Å². The van der Waals surface area contributed by atoms with Crippen molar-refractivity contribution >= 4 is 21.1 Å². The highest BCUT2D eigenvalue weighted by molar-refractivity contribution is 7.90. The molecule has 1 aromatic carbocycles. The fourth-order valence-electron chi connectivity index (χ4n) is 2.41. The van der Waals surface area contributed by atoms with Gasteiger partial charge in [0, 0.05) is 18.1 Å². The number of likely N-dealkylation sites (N-methyl/N-ethyl adjacent to an activating group) is 1. The summed E-state index contributed by atoms with van der Waals surface area (Å²) >= 11 is 0. The maximum atomic E-state index is 12.8. The van der Waals surface area contributed by atoms with Crippen molar-refractivity contribution in [2.24, 2.45) is 0 Å². The van der Waals surface area contributed by atoms with Crippen LogP contribution in [-0.4, -0.2) is 37.9 Å². The van der Waals surface area contributed by atoms with Crippen molar-refractivity contribution in [3.05, 3.63) is 54.4 Å². The van der Waals surface area contributed by atoms with Crippen LogP contribution in [0, 0.1) is 0 Å². The monoisotopic (exact) mass is 318 g/mol. The van der Waals surface area contributed by atoms with Crippen molar-refractivity contribution in [3.8, 4) is 0 Å². The minimum absolute atomic E-state index is 0.252. The molecule has 0 atom stereocenters. The van der Waals surface area contributed by atoms with Gasteiger partial charge in [-0.3, -0.25) is 0 Å². The van der Waals surface area contributed by atoms with Crippen LogP contribution in [0.15, 0.2) is 58.2 Å². The van der Waals surface area contributed by atoms with Crippen molar-refractivity contribution in [3.63, 3.8) is 0 Å². The molecule has 0 saturated heterocycles. The van der Waals surface area contributed by atoms with Crippen LogP contribution in [0.4, 0.5) is 0 Å². The van der Waals surface area contributed by atoms with E-state index in [-0.39, 0.29) is 4.90 Å². The zero-order valence-electron chi connectivity index (χ0n) is 12.6. The quantitative estimate of drug-likeness (QED) is 0.725. The van der Waals surface area contributed by atoms with Crippen LogP contribution in [0.3, 0.4) is 0 Å². The molecule has 0 saturated carbocycles. The van der Waals surface area contributed by atoms with E-state index in [0.29, 0.717) is 5.71 Å². The van der Waals surface area contributed by atoms with E-state index in [4.69, 9.17) is 4.42 Å². The van der Waals surface area contributed by atoms with Gasteiger partial charge in [0.05, 0.1) is 11.2 Å². The molecule has 0 fully saturated rings. The van der Waals surface area contributed by atoms with Crippen LogP contribution in [-0.2, 0) is 16.4 Å². The lowest BCUT2D eigenvalue weighted by atomic mass is 10.2. The van der Waals surface area contributed by atoms with E-state index in [2.05, 4.69) is 4.90 Å². The summed E-state index contributed by atoms with van der Waals surface area (Å²) in [5.74, 6) is 0. The fourth-order valence-corrected chi connectivity index (χ4v) is 3.77. The topological polar surface area (TPSA) is 55.5 Å². The van der Waals surface area contributed by atoms with Crippen LogP contribution in [0.5, 0.6) is 0 Å². The van der Waals surface area contributed by atoms with E-state index in [1.807, 2.05) is 20.2 Å². The maximum absolute atomic E-state index is 12.8. The molecule has 2 aromatic heterocycles. The zero-order valence-corrected chi connectivity index (χ0v) is 13.4. The smallest absolute Gasteiger partial charge is 0.270 e. The summed E-state index contributed by atoms with van der Waals surface area (Å²) in [4.78, 5) is 2.32. The molecule has 0 unspecified atom stereocenters. The Hall–Kier alpha value is -2.05. The predicted octanol–water partition coefficient (Wildman–Crippen LogP) is 2.58. The molecule has 0 amide bonds. The Kier molecular flexibility index (Phi) is 3.80. The Bertz CT molecular complexity index is 877. The van der Waals surface area contributed by atoms with E-state index in [0.717, 1.165) is 23.9 Å². The van der Waals surface area contributed by atoms with E-state index in [1.54, 1.807) is 36.5 Å². The lowest BCUT2D eigenvalue weighted by Crippen LogP contribution is -2.15. The average molecular weight is 318 g/mol. The second kappa shape index (κ2) is 5.62. The van der Waals surface area contributed by atoms with Gasteiger partial charge in [0.25, 0.3) is 10.0 Å². The molecule has 0 N–H and O–H groups in total. The maximum Gasteiger partial charge on any atom is 0.270 e. The molecule has 3 rings (SSSR count). The first kappa shape index (κ1) is 14.9. The van der Waals surface area contributed by atoms with Gasteiger partial charge < -0.3 is 9.32 Å². The van der Waals surface area contributed by atoms with Crippen LogP contribution < -0.4 is 0 Å². The van der Waals surface area contributed by atoms with E-state index in [9.17, 15) is 8.42 Å². The van der Waals surface area contributed by atoms with Gasteiger partial charge in [-0.05, 0) is 44.3 Å². The summed E-state index contributed by atoms with van der Waals surface area (Å²) in [6.07, 6.45) is 3.96. The van der Waals surface area contributed by atoms with Crippen LogP contribution >= 0.6 is 0 Å². The number of aromatic nitrogens is 1. The number of benzene rings is 1. The predicted molar refractivity (Wildman–Crippen MR) is 85.5 cm³/mol. The van der Waals surface area contributed by atoms with Crippen molar-refractivity contribution < 1.29 is 12.8 Å². The molecule has 22 heavy (non-hydrogen) atoms. The van der Waals surface area contributed by atoms with Crippen LogP contribution in [0.2, 0.25) is 0 Å². The third kappa shape index (κ3) is 2.55. The molecule has 0 bridgehead atoms. The first-order valence-electron chi connectivity index (χ1n) is 7.03. The molecule has 0 radical (unpaired) electrons. The third-order valence-corrected chi connectivity index (χ3v) is 5.25. The Morgan fingerprint density at radius 2 is 1.86 bits per heavy atom. The lowest BCUT2D eigenvalue weighted by Gasteiger charge is -2.08. The first-order valence-corrected chi connectivity index (χ1v) is 8.47. The standard InChI is InChI=1S/C16H18N2O3S/c1-17(2)10-8-13-12-18(16-15(13)9-11-21-16)22(19,20)14-6-4-3-5-7-14/h3-7,9,11-12H,8,10H2,1-2H3. The summed E-state index contributed by atoms with van der Waals surface area (Å²) in [7, 11) is 0.337. The van der Waals surface area contributed by atoms with E-state index < -0.39 is 10.0 Å². The Morgan fingerprint density at radius 3 is 2.55 bits per heavy atom. The molecule has 0 spiro atoms. The van der Waals surface area contributed by atoms with Gasteiger partial charge in [-0.15, -0.1) is 0 Å². The SMILES string of the molecule is CN(C)CCc1cn(S(=O)(=O)c2ccccc2)c2occc12. The summed E-state index contributed by atoms with van der Waals surface area (Å²) in [5.41, 5.74) is 1.34. The van der Waals surface area contributed by atoms with Gasteiger partial charge in [0.2, 0.25) is 5.71 Å². The second-order valence-corrected chi connectivity index (χ2v) is 7.28. The van der Waals surface area contributed by atoms with Crippen LogP contribution in [0.1, 0.15) is 5.56 Å². The molecular formula is C16H18N2O3S. The highest BCUT2D eigenvalue weighted by Gasteiger charge is 2.22. The summed E-state index contributed by atoms with van der Waals surface area (Å²) in [6.45, 7) is 0.843. The van der Waals surface area contributed by atoms with Crippen molar-refractivity contribution in [2.45, 2.75) is 11.3 Å². The summed E-state index contributed by atoms with van der Waals surface area (Å²) in [5, 5.41) is 0.848. The van der Waals surface area contributed by atoms with Gasteiger partial charge in [0.15, 0.2) is 0 Å². The van der Waals surface area contributed by atoms with E-state index >= 15 is 0 Å².